The fourth-order valence-corrected chi connectivity index (χ4v) is 2.03. The number of phenolic OH excluding ortho intramolecular Hbond substituents is 1. The zero-order valence-electron chi connectivity index (χ0n) is 11.3. The zero-order chi connectivity index (χ0) is 18.6. The van der Waals surface area contributed by atoms with Crippen molar-refractivity contribution in [3.8, 4) is 5.75 Å². The summed E-state index contributed by atoms with van der Waals surface area (Å²) in [5.41, 5.74) is -1.87. The van der Waals surface area contributed by atoms with Gasteiger partial charge in [-0.15, -0.1) is 0 Å². The molecule has 0 amide bonds. The fourth-order valence-electron chi connectivity index (χ4n) is 2.03. The molecule has 0 bridgehead atoms. The predicted molar refractivity (Wildman–Crippen MR) is 65.5 cm³/mol. The maximum atomic E-state index is 13.8. The second-order valence-electron chi connectivity index (χ2n) is 4.94. The molecule has 0 atom stereocenters. The van der Waals surface area contributed by atoms with Gasteiger partial charge >= 0.3 is 23.9 Å². The Labute approximate surface area is 128 Å². The van der Waals surface area contributed by atoms with Crippen LogP contribution in [0.4, 0.5) is 39.5 Å². The summed E-state index contributed by atoms with van der Waals surface area (Å²) in [6.07, 6.45) is -6.89. The third kappa shape index (κ3) is 2.44. The van der Waals surface area contributed by atoms with E-state index in [4.69, 9.17) is 0 Å². The van der Waals surface area contributed by atoms with Crippen LogP contribution in [0, 0.1) is 0 Å². The molecule has 0 heterocycles. The van der Waals surface area contributed by atoms with Gasteiger partial charge in [0.05, 0.1) is 0 Å². The summed E-state index contributed by atoms with van der Waals surface area (Å²) < 4.78 is 116. The Hall–Kier alpha value is -2.13. The maximum absolute atomic E-state index is 13.8. The Morgan fingerprint density at radius 2 is 1.25 bits per heavy atom. The van der Waals surface area contributed by atoms with Gasteiger partial charge in [0, 0.05) is 10.9 Å². The summed E-state index contributed by atoms with van der Waals surface area (Å²) in [5.74, 6) is -20.6. The van der Waals surface area contributed by atoms with Gasteiger partial charge in [-0.05, 0) is 17.5 Å². The molecule has 132 valence electrons. The van der Waals surface area contributed by atoms with Gasteiger partial charge in [0.25, 0.3) is 0 Å². The van der Waals surface area contributed by atoms with E-state index in [0.717, 1.165) is 6.07 Å². The largest absolute Gasteiger partial charge is 0.507 e. The van der Waals surface area contributed by atoms with Gasteiger partial charge in [-0.2, -0.15) is 39.5 Å². The molecule has 2 rings (SSSR count). The summed E-state index contributed by atoms with van der Waals surface area (Å²) in [6, 6.07) is 5.29. The van der Waals surface area contributed by atoms with Gasteiger partial charge in [-0.1, -0.05) is 24.3 Å². The average Bonchev–Trinajstić information content (AvgIpc) is 2.45. The molecular weight excluding hydrogens is 355 g/mol. The van der Waals surface area contributed by atoms with Gasteiger partial charge in [0.15, 0.2) is 0 Å². The first kappa shape index (κ1) is 18.2. The molecule has 0 aromatic heterocycles. The van der Waals surface area contributed by atoms with E-state index in [1.165, 1.54) is 18.2 Å². The monoisotopic (exact) mass is 362 g/mol. The average molecular weight is 362 g/mol. The van der Waals surface area contributed by atoms with Crippen molar-refractivity contribution in [2.24, 2.45) is 0 Å². The van der Waals surface area contributed by atoms with E-state index in [1.54, 1.807) is 0 Å². The number of phenols is 1. The van der Waals surface area contributed by atoms with Crippen molar-refractivity contribution in [3.63, 3.8) is 0 Å². The summed E-state index contributed by atoms with van der Waals surface area (Å²) in [4.78, 5) is 0. The Balaban J connectivity index is 2.65. The van der Waals surface area contributed by atoms with Crippen molar-refractivity contribution in [3.05, 3.63) is 42.0 Å². The highest BCUT2D eigenvalue weighted by Gasteiger charge is 2.82. The van der Waals surface area contributed by atoms with E-state index in [-0.39, 0.29) is 16.8 Å². The maximum Gasteiger partial charge on any atom is 0.460 e. The van der Waals surface area contributed by atoms with Gasteiger partial charge in [0.1, 0.15) is 5.75 Å². The van der Waals surface area contributed by atoms with Crippen LogP contribution in [0.2, 0.25) is 0 Å². The summed E-state index contributed by atoms with van der Waals surface area (Å²) in [7, 11) is 0. The van der Waals surface area contributed by atoms with Crippen molar-refractivity contribution in [2.45, 2.75) is 23.9 Å². The number of fused-ring (bicyclic) bond motifs is 1. The number of aromatic hydroxyl groups is 1. The zero-order valence-corrected chi connectivity index (χ0v) is 11.3. The summed E-state index contributed by atoms with van der Waals surface area (Å²) in [6.45, 7) is 0. The SMILES string of the molecule is Oc1cc(C(F)(F)C(F)(F)C(F)(F)C(F)(F)F)cc2ccccc12. The van der Waals surface area contributed by atoms with E-state index in [1.807, 2.05) is 0 Å². The fraction of sp³-hybridized carbons (Fsp3) is 0.286. The Bertz CT molecular complexity index is 764. The van der Waals surface area contributed by atoms with E-state index < -0.39 is 35.3 Å². The molecule has 24 heavy (non-hydrogen) atoms. The number of hydrogen-bond acceptors (Lipinski definition) is 1. The quantitative estimate of drug-likeness (QED) is 0.718. The lowest BCUT2D eigenvalue weighted by atomic mass is 9.94. The number of rotatable bonds is 3. The lowest BCUT2D eigenvalue weighted by Crippen LogP contribution is -2.59. The molecule has 0 saturated carbocycles. The Morgan fingerprint density at radius 1 is 0.708 bits per heavy atom. The van der Waals surface area contributed by atoms with Crippen LogP contribution in [0.1, 0.15) is 5.56 Å². The minimum atomic E-state index is -6.98. The first-order valence-corrected chi connectivity index (χ1v) is 6.16. The van der Waals surface area contributed by atoms with E-state index in [2.05, 4.69) is 0 Å². The molecular formula is C14H7F9O. The van der Waals surface area contributed by atoms with Crippen molar-refractivity contribution in [2.75, 3.05) is 0 Å². The van der Waals surface area contributed by atoms with E-state index >= 15 is 0 Å². The number of alkyl halides is 9. The van der Waals surface area contributed by atoms with Crippen molar-refractivity contribution in [1.29, 1.82) is 0 Å². The summed E-state index contributed by atoms with van der Waals surface area (Å²) >= 11 is 0. The molecule has 0 saturated heterocycles. The molecule has 2 aromatic rings. The number of hydrogen-bond donors (Lipinski definition) is 1. The first-order valence-electron chi connectivity index (χ1n) is 6.16. The smallest absolute Gasteiger partial charge is 0.460 e. The molecule has 2 aromatic carbocycles. The summed E-state index contributed by atoms with van der Waals surface area (Å²) in [5, 5.41) is 9.25. The molecule has 0 radical (unpaired) electrons. The third-order valence-corrected chi connectivity index (χ3v) is 3.35. The molecule has 0 fully saturated rings. The normalized spacial score (nSPS) is 14.2. The topological polar surface area (TPSA) is 20.2 Å². The van der Waals surface area contributed by atoms with Gasteiger partial charge in [0.2, 0.25) is 0 Å². The molecule has 0 aliphatic heterocycles. The van der Waals surface area contributed by atoms with E-state index in [9.17, 15) is 44.6 Å². The minimum Gasteiger partial charge on any atom is -0.507 e. The minimum absolute atomic E-state index is 0.0305. The van der Waals surface area contributed by atoms with Crippen LogP contribution >= 0.6 is 0 Å². The highest BCUT2D eigenvalue weighted by Crippen LogP contribution is 2.57. The van der Waals surface area contributed by atoms with Crippen LogP contribution in [0.3, 0.4) is 0 Å². The lowest BCUT2D eigenvalue weighted by molar-refractivity contribution is -0.399. The molecule has 0 spiro atoms. The Morgan fingerprint density at radius 3 is 1.79 bits per heavy atom. The second kappa shape index (κ2) is 5.18. The van der Waals surface area contributed by atoms with Gasteiger partial charge in [-0.3, -0.25) is 0 Å². The standard InChI is InChI=1S/C14H7F9O/c15-11(16,12(17,18)13(19,20)14(21,22)23)8-5-7-3-1-2-4-9(7)10(24)6-8/h1-6,24H. The van der Waals surface area contributed by atoms with Crippen LogP contribution < -0.4 is 0 Å². The van der Waals surface area contributed by atoms with Crippen LogP contribution in [0.15, 0.2) is 36.4 Å². The molecule has 0 unspecified atom stereocenters. The second-order valence-corrected chi connectivity index (χ2v) is 4.94. The van der Waals surface area contributed by atoms with Crippen LogP contribution in [-0.4, -0.2) is 23.1 Å². The molecule has 0 aliphatic carbocycles. The number of benzene rings is 2. The van der Waals surface area contributed by atoms with Crippen LogP contribution in [-0.2, 0) is 5.92 Å². The molecule has 10 heteroatoms. The highest BCUT2D eigenvalue weighted by molar-refractivity contribution is 5.88. The number of halogens is 9. The molecule has 1 N–H and O–H groups in total. The highest BCUT2D eigenvalue weighted by atomic mass is 19.4. The van der Waals surface area contributed by atoms with Crippen LogP contribution in [0.25, 0.3) is 10.8 Å². The van der Waals surface area contributed by atoms with Crippen LogP contribution in [0.5, 0.6) is 5.75 Å². The molecule has 1 nitrogen and oxygen atoms in total. The van der Waals surface area contributed by atoms with Gasteiger partial charge in [-0.25, -0.2) is 0 Å². The third-order valence-electron chi connectivity index (χ3n) is 3.35. The van der Waals surface area contributed by atoms with Crippen molar-refractivity contribution < 1.29 is 44.6 Å². The Kier molecular flexibility index (Phi) is 3.93. The van der Waals surface area contributed by atoms with Crippen molar-refractivity contribution >= 4 is 10.8 Å². The lowest BCUT2D eigenvalue weighted by Gasteiger charge is -2.34. The first-order chi connectivity index (χ1) is 10.7. The molecule has 0 aliphatic rings. The van der Waals surface area contributed by atoms with E-state index in [0.29, 0.717) is 6.07 Å². The van der Waals surface area contributed by atoms with Crippen molar-refractivity contribution in [1.82, 2.24) is 0 Å². The van der Waals surface area contributed by atoms with Gasteiger partial charge < -0.3 is 5.11 Å². The predicted octanol–water partition coefficient (Wildman–Crippen LogP) is 5.47.